The van der Waals surface area contributed by atoms with Crippen LogP contribution in [-0.4, -0.2) is 29.1 Å². The van der Waals surface area contributed by atoms with Gasteiger partial charge in [-0.1, -0.05) is 45.0 Å². The SMILES string of the molecule is COC(=O)C1C2CCC(CC2)C1Nc1nc(Cl)nc(-c2ccc(C(C)(C)C)cc2)c1F. The van der Waals surface area contributed by atoms with E-state index in [1.165, 1.54) is 7.11 Å². The van der Waals surface area contributed by atoms with Gasteiger partial charge in [0.2, 0.25) is 5.28 Å². The number of fused-ring (bicyclic) bond motifs is 3. The van der Waals surface area contributed by atoms with Gasteiger partial charge < -0.3 is 10.1 Å². The van der Waals surface area contributed by atoms with Gasteiger partial charge in [-0.25, -0.2) is 9.37 Å². The van der Waals surface area contributed by atoms with E-state index in [4.69, 9.17) is 16.3 Å². The quantitative estimate of drug-likeness (QED) is 0.488. The molecule has 1 aromatic carbocycles. The number of nitrogens with zero attached hydrogens (tertiary/aromatic N) is 2. The number of halogens is 2. The smallest absolute Gasteiger partial charge is 0.311 e. The average molecular weight is 446 g/mol. The number of benzene rings is 1. The molecule has 3 saturated carbocycles. The second-order valence-electron chi connectivity index (χ2n) is 9.73. The standard InChI is InChI=1S/C24H29ClFN3O2/c1-24(2,3)16-11-9-15(10-12-16)20-18(26)21(29-23(25)28-20)27-19-14-7-5-13(6-8-14)17(19)22(30)31-4/h9-14,17,19H,5-8H2,1-4H3,(H,27,28,29). The Hall–Kier alpha value is -2.21. The van der Waals surface area contributed by atoms with Crippen LogP contribution in [-0.2, 0) is 14.9 Å². The third-order valence-corrected chi connectivity index (χ3v) is 7.01. The number of aromatic nitrogens is 2. The van der Waals surface area contributed by atoms with Crippen molar-refractivity contribution < 1.29 is 13.9 Å². The number of nitrogens with one attached hydrogen (secondary N) is 1. The van der Waals surface area contributed by atoms with Crippen molar-refractivity contribution in [3.05, 3.63) is 40.9 Å². The van der Waals surface area contributed by atoms with E-state index < -0.39 is 5.82 Å². The molecule has 1 aromatic heterocycles. The number of anilines is 1. The maximum Gasteiger partial charge on any atom is 0.311 e. The van der Waals surface area contributed by atoms with E-state index in [0.717, 1.165) is 31.2 Å². The van der Waals surface area contributed by atoms with Crippen molar-refractivity contribution in [3.63, 3.8) is 0 Å². The molecule has 166 valence electrons. The molecule has 1 N–H and O–H groups in total. The van der Waals surface area contributed by atoms with Crippen LogP contribution < -0.4 is 5.32 Å². The highest BCUT2D eigenvalue weighted by Gasteiger charge is 2.48. The Morgan fingerprint density at radius 3 is 2.29 bits per heavy atom. The van der Waals surface area contributed by atoms with Gasteiger partial charge in [0.1, 0.15) is 5.69 Å². The molecule has 31 heavy (non-hydrogen) atoms. The Morgan fingerprint density at radius 2 is 1.71 bits per heavy atom. The Kier molecular flexibility index (Phi) is 5.95. The lowest BCUT2D eigenvalue weighted by Crippen LogP contribution is -2.52. The van der Waals surface area contributed by atoms with E-state index >= 15 is 4.39 Å². The molecule has 2 unspecified atom stereocenters. The van der Waals surface area contributed by atoms with Gasteiger partial charge in [-0.2, -0.15) is 4.98 Å². The molecule has 0 radical (unpaired) electrons. The summed E-state index contributed by atoms with van der Waals surface area (Å²) in [5.41, 5.74) is 1.93. The summed E-state index contributed by atoms with van der Waals surface area (Å²) in [4.78, 5) is 20.8. The summed E-state index contributed by atoms with van der Waals surface area (Å²) in [6.07, 6.45) is 4.02. The first kappa shape index (κ1) is 22.0. The molecule has 5 rings (SSSR count). The first-order valence-corrected chi connectivity index (χ1v) is 11.2. The van der Waals surface area contributed by atoms with Crippen molar-refractivity contribution in [3.8, 4) is 11.3 Å². The molecule has 3 aliphatic carbocycles. The molecule has 7 heteroatoms. The fourth-order valence-corrected chi connectivity index (χ4v) is 5.29. The van der Waals surface area contributed by atoms with Crippen LogP contribution in [0.4, 0.5) is 10.2 Å². The summed E-state index contributed by atoms with van der Waals surface area (Å²) >= 11 is 6.18. The van der Waals surface area contributed by atoms with Gasteiger partial charge in [0, 0.05) is 11.6 Å². The number of ether oxygens (including phenoxy) is 1. The monoisotopic (exact) mass is 445 g/mol. The zero-order chi connectivity index (χ0) is 22.3. The van der Waals surface area contributed by atoms with Crippen molar-refractivity contribution >= 4 is 23.4 Å². The fraction of sp³-hybridized carbons (Fsp3) is 0.542. The molecule has 3 fully saturated rings. The molecule has 3 aliphatic rings. The van der Waals surface area contributed by atoms with E-state index in [1.54, 1.807) is 0 Å². The third kappa shape index (κ3) is 4.27. The number of esters is 1. The zero-order valence-electron chi connectivity index (χ0n) is 18.4. The number of carbonyl (C=O) groups is 1. The molecule has 0 spiro atoms. The van der Waals surface area contributed by atoms with Gasteiger partial charge in [0.15, 0.2) is 11.6 Å². The Morgan fingerprint density at radius 1 is 1.10 bits per heavy atom. The van der Waals surface area contributed by atoms with Gasteiger partial charge in [0.25, 0.3) is 0 Å². The fourth-order valence-electron chi connectivity index (χ4n) is 5.13. The summed E-state index contributed by atoms with van der Waals surface area (Å²) in [7, 11) is 1.41. The lowest BCUT2D eigenvalue weighted by atomic mass is 9.61. The normalized spacial score (nSPS) is 25.4. The lowest BCUT2D eigenvalue weighted by Gasteiger charge is -2.47. The van der Waals surface area contributed by atoms with Crippen LogP contribution in [0.25, 0.3) is 11.3 Å². The predicted molar refractivity (Wildman–Crippen MR) is 120 cm³/mol. The molecule has 2 aromatic rings. The highest BCUT2D eigenvalue weighted by Crippen LogP contribution is 2.47. The molecule has 0 saturated heterocycles. The van der Waals surface area contributed by atoms with Crippen LogP contribution in [0.5, 0.6) is 0 Å². The topological polar surface area (TPSA) is 64.1 Å². The van der Waals surface area contributed by atoms with E-state index in [9.17, 15) is 4.79 Å². The number of rotatable bonds is 4. The molecule has 2 bridgehead atoms. The molecule has 0 aliphatic heterocycles. The summed E-state index contributed by atoms with van der Waals surface area (Å²) in [6.45, 7) is 6.38. The summed E-state index contributed by atoms with van der Waals surface area (Å²) in [6, 6.07) is 7.44. The Bertz CT molecular complexity index is 966. The van der Waals surface area contributed by atoms with Crippen molar-refractivity contribution in [1.29, 1.82) is 0 Å². The van der Waals surface area contributed by atoms with E-state index in [2.05, 4.69) is 36.1 Å². The zero-order valence-corrected chi connectivity index (χ0v) is 19.2. The number of carbonyl (C=O) groups excluding carboxylic acids is 1. The molecular formula is C24H29ClFN3O2. The first-order valence-electron chi connectivity index (χ1n) is 10.9. The number of hydrogen-bond acceptors (Lipinski definition) is 5. The average Bonchev–Trinajstić information content (AvgIpc) is 2.75. The van der Waals surface area contributed by atoms with Gasteiger partial charge in [-0.15, -0.1) is 0 Å². The van der Waals surface area contributed by atoms with Gasteiger partial charge >= 0.3 is 5.97 Å². The summed E-state index contributed by atoms with van der Waals surface area (Å²) in [5, 5.41) is 3.19. The highest BCUT2D eigenvalue weighted by atomic mass is 35.5. The third-order valence-electron chi connectivity index (χ3n) is 6.84. The van der Waals surface area contributed by atoms with Crippen LogP contribution in [0.1, 0.15) is 52.0 Å². The number of methoxy groups -OCH3 is 1. The van der Waals surface area contributed by atoms with Crippen LogP contribution in [0.3, 0.4) is 0 Å². The van der Waals surface area contributed by atoms with Crippen molar-refractivity contribution in [2.75, 3.05) is 12.4 Å². The summed E-state index contributed by atoms with van der Waals surface area (Å²) < 4.78 is 20.6. The van der Waals surface area contributed by atoms with Crippen LogP contribution in [0.2, 0.25) is 5.28 Å². The maximum atomic E-state index is 15.5. The van der Waals surface area contributed by atoms with Gasteiger partial charge in [-0.3, -0.25) is 4.79 Å². The minimum Gasteiger partial charge on any atom is -0.469 e. The van der Waals surface area contributed by atoms with E-state index in [1.807, 2.05) is 24.3 Å². The second kappa shape index (κ2) is 8.38. The summed E-state index contributed by atoms with van der Waals surface area (Å²) in [5.74, 6) is -0.540. The minimum atomic E-state index is -0.557. The lowest BCUT2D eigenvalue weighted by molar-refractivity contribution is -0.152. The molecular weight excluding hydrogens is 417 g/mol. The van der Waals surface area contributed by atoms with Crippen molar-refractivity contribution in [1.82, 2.24) is 9.97 Å². The first-order chi connectivity index (χ1) is 14.7. The van der Waals surface area contributed by atoms with Crippen molar-refractivity contribution in [2.24, 2.45) is 17.8 Å². The van der Waals surface area contributed by atoms with Gasteiger partial charge in [-0.05, 0) is 60.1 Å². The maximum absolute atomic E-state index is 15.5. The minimum absolute atomic E-state index is 0.00367. The van der Waals surface area contributed by atoms with E-state index in [0.29, 0.717) is 5.56 Å². The molecule has 0 amide bonds. The molecule has 2 atom stereocenters. The molecule has 5 nitrogen and oxygen atoms in total. The molecule has 1 heterocycles. The Labute approximate surface area is 187 Å². The van der Waals surface area contributed by atoms with Gasteiger partial charge in [0.05, 0.1) is 13.0 Å². The number of hydrogen-bond donors (Lipinski definition) is 1. The van der Waals surface area contributed by atoms with Crippen molar-refractivity contribution in [2.45, 2.75) is 57.9 Å². The van der Waals surface area contributed by atoms with Crippen LogP contribution in [0, 0.1) is 23.6 Å². The highest BCUT2D eigenvalue weighted by molar-refractivity contribution is 6.28. The second-order valence-corrected chi connectivity index (χ2v) is 10.1. The predicted octanol–water partition coefficient (Wildman–Crippen LogP) is 5.62. The van der Waals surface area contributed by atoms with Crippen LogP contribution >= 0.6 is 11.6 Å². The van der Waals surface area contributed by atoms with Crippen LogP contribution in [0.15, 0.2) is 24.3 Å². The Balaban J connectivity index is 1.67. The van der Waals surface area contributed by atoms with E-state index in [-0.39, 0.29) is 52.0 Å². The largest absolute Gasteiger partial charge is 0.469 e.